The summed E-state index contributed by atoms with van der Waals surface area (Å²) in [5.41, 5.74) is 3.08. The van der Waals surface area contributed by atoms with Crippen LogP contribution in [0.1, 0.15) is 25.7 Å². The number of aromatic nitrogens is 1. The van der Waals surface area contributed by atoms with Gasteiger partial charge < -0.3 is 5.43 Å². The van der Waals surface area contributed by atoms with Gasteiger partial charge in [0.15, 0.2) is 0 Å². The van der Waals surface area contributed by atoms with Crippen LogP contribution in [0.4, 0.5) is 13.2 Å². The molecular formula is C11H15F3N2. The van der Waals surface area contributed by atoms with Gasteiger partial charge in [0, 0.05) is 18.4 Å². The van der Waals surface area contributed by atoms with Crippen molar-refractivity contribution < 1.29 is 13.2 Å². The fourth-order valence-electron chi connectivity index (χ4n) is 2.24. The smallest absolute Gasteiger partial charge is 0.323 e. The van der Waals surface area contributed by atoms with Crippen LogP contribution < -0.4 is 5.43 Å². The second-order valence-electron chi connectivity index (χ2n) is 4.32. The van der Waals surface area contributed by atoms with E-state index >= 15 is 0 Å². The molecule has 1 saturated carbocycles. The highest BCUT2D eigenvalue weighted by Crippen LogP contribution is 2.37. The van der Waals surface area contributed by atoms with Crippen molar-refractivity contribution in [3.63, 3.8) is 0 Å². The summed E-state index contributed by atoms with van der Waals surface area (Å²) < 4.78 is 39.4. The molecule has 1 fully saturated rings. The first kappa shape index (κ1) is 11.4. The average Bonchev–Trinajstić information content (AvgIpc) is 2.70. The van der Waals surface area contributed by atoms with Crippen LogP contribution in [0, 0.1) is 5.92 Å². The largest absolute Gasteiger partial charge is 0.391 e. The van der Waals surface area contributed by atoms with Gasteiger partial charge in [-0.1, -0.05) is 6.42 Å². The number of hydrogen-bond acceptors (Lipinski definition) is 1. The minimum Gasteiger partial charge on any atom is -0.323 e. The maximum absolute atomic E-state index is 12.6. The molecule has 2 atom stereocenters. The Balaban J connectivity index is 1.92. The second-order valence-corrected chi connectivity index (χ2v) is 4.32. The molecular weight excluding hydrogens is 217 g/mol. The first-order valence-electron chi connectivity index (χ1n) is 5.52. The Bertz CT molecular complexity index is 318. The zero-order valence-electron chi connectivity index (χ0n) is 8.87. The Morgan fingerprint density at radius 3 is 2.44 bits per heavy atom. The van der Waals surface area contributed by atoms with Gasteiger partial charge >= 0.3 is 6.18 Å². The lowest BCUT2D eigenvalue weighted by atomic mass is 9.85. The topological polar surface area (TPSA) is 17.0 Å². The molecule has 16 heavy (non-hydrogen) atoms. The predicted octanol–water partition coefficient (Wildman–Crippen LogP) is 3.15. The van der Waals surface area contributed by atoms with Gasteiger partial charge in [-0.3, -0.25) is 4.68 Å². The van der Waals surface area contributed by atoms with Crippen LogP contribution in [0.3, 0.4) is 0 Å². The fraction of sp³-hybridized carbons (Fsp3) is 0.636. The van der Waals surface area contributed by atoms with E-state index in [0.29, 0.717) is 6.42 Å². The van der Waals surface area contributed by atoms with E-state index in [1.165, 1.54) is 0 Å². The van der Waals surface area contributed by atoms with Crippen LogP contribution in [0.25, 0.3) is 0 Å². The third kappa shape index (κ3) is 2.71. The van der Waals surface area contributed by atoms with E-state index in [2.05, 4.69) is 5.43 Å². The van der Waals surface area contributed by atoms with Crippen molar-refractivity contribution in [2.24, 2.45) is 5.92 Å². The van der Waals surface area contributed by atoms with Gasteiger partial charge in [0.05, 0.1) is 5.92 Å². The summed E-state index contributed by atoms with van der Waals surface area (Å²) in [5.74, 6) is -1.14. The lowest BCUT2D eigenvalue weighted by molar-refractivity contribution is -0.182. The third-order valence-electron chi connectivity index (χ3n) is 3.07. The molecule has 2 nitrogen and oxygen atoms in total. The summed E-state index contributed by atoms with van der Waals surface area (Å²) >= 11 is 0. The zero-order valence-corrected chi connectivity index (χ0v) is 8.87. The SMILES string of the molecule is FC(F)(F)C1CCCC(Nn2cccc2)C1. The number of nitrogens with zero attached hydrogens (tertiary/aromatic N) is 1. The maximum Gasteiger partial charge on any atom is 0.391 e. The quantitative estimate of drug-likeness (QED) is 0.828. The van der Waals surface area contributed by atoms with Gasteiger partial charge in [-0.25, -0.2) is 0 Å². The minimum absolute atomic E-state index is 0.0761. The normalized spacial score (nSPS) is 26.7. The Labute approximate surface area is 92.4 Å². The number of alkyl halides is 3. The van der Waals surface area contributed by atoms with Gasteiger partial charge in [-0.2, -0.15) is 13.2 Å². The molecule has 1 aromatic rings. The van der Waals surface area contributed by atoms with Gasteiger partial charge in [0.2, 0.25) is 0 Å². The van der Waals surface area contributed by atoms with Crippen molar-refractivity contribution in [2.75, 3.05) is 5.43 Å². The average molecular weight is 232 g/mol. The zero-order chi connectivity index (χ0) is 11.6. The molecule has 1 heterocycles. The van der Waals surface area contributed by atoms with Crippen molar-refractivity contribution in [1.82, 2.24) is 4.68 Å². The van der Waals surface area contributed by atoms with E-state index in [9.17, 15) is 13.2 Å². The van der Waals surface area contributed by atoms with Crippen LogP contribution in [-0.4, -0.2) is 16.9 Å². The van der Waals surface area contributed by atoms with E-state index in [4.69, 9.17) is 0 Å². The molecule has 5 heteroatoms. The molecule has 0 bridgehead atoms. The summed E-state index contributed by atoms with van der Waals surface area (Å²) in [6.45, 7) is 0. The highest BCUT2D eigenvalue weighted by molar-refractivity contribution is 4.97. The second kappa shape index (κ2) is 4.39. The summed E-state index contributed by atoms with van der Waals surface area (Å²) in [6.07, 6.45) is 1.47. The lowest BCUT2D eigenvalue weighted by Crippen LogP contribution is -2.37. The van der Waals surface area contributed by atoms with Gasteiger partial charge in [-0.15, -0.1) is 0 Å². The molecule has 0 radical (unpaired) electrons. The molecule has 1 aliphatic rings. The standard InChI is InChI=1S/C11H15F3N2/c12-11(13,14)9-4-3-5-10(8-9)15-16-6-1-2-7-16/h1-2,6-7,9-10,15H,3-5,8H2. The molecule has 0 aliphatic heterocycles. The first-order valence-corrected chi connectivity index (χ1v) is 5.52. The predicted molar refractivity (Wildman–Crippen MR) is 55.6 cm³/mol. The van der Waals surface area contributed by atoms with Crippen LogP contribution in [0.5, 0.6) is 0 Å². The molecule has 1 aliphatic carbocycles. The Morgan fingerprint density at radius 1 is 1.12 bits per heavy atom. The lowest BCUT2D eigenvalue weighted by Gasteiger charge is -2.31. The molecule has 0 spiro atoms. The molecule has 0 aromatic carbocycles. The molecule has 2 rings (SSSR count). The van der Waals surface area contributed by atoms with Crippen molar-refractivity contribution in [3.05, 3.63) is 24.5 Å². The Morgan fingerprint density at radius 2 is 1.81 bits per heavy atom. The van der Waals surface area contributed by atoms with E-state index in [1.54, 1.807) is 17.1 Å². The Kier molecular flexibility index (Phi) is 3.12. The summed E-state index contributed by atoms with van der Waals surface area (Å²) in [7, 11) is 0. The first-order chi connectivity index (χ1) is 7.55. The minimum atomic E-state index is -4.04. The van der Waals surface area contributed by atoms with Gasteiger partial charge in [0.1, 0.15) is 0 Å². The van der Waals surface area contributed by atoms with Crippen LogP contribution in [0.15, 0.2) is 24.5 Å². The number of rotatable bonds is 2. The van der Waals surface area contributed by atoms with E-state index in [1.807, 2.05) is 12.1 Å². The molecule has 90 valence electrons. The fourth-order valence-corrected chi connectivity index (χ4v) is 2.24. The number of hydrogen-bond donors (Lipinski definition) is 1. The maximum atomic E-state index is 12.6. The summed E-state index contributed by atoms with van der Waals surface area (Å²) in [5, 5.41) is 0. The molecule has 2 unspecified atom stereocenters. The highest BCUT2D eigenvalue weighted by atomic mass is 19.4. The monoisotopic (exact) mass is 232 g/mol. The van der Waals surface area contributed by atoms with E-state index in [-0.39, 0.29) is 18.9 Å². The van der Waals surface area contributed by atoms with Crippen LogP contribution in [0.2, 0.25) is 0 Å². The van der Waals surface area contributed by atoms with Crippen molar-refractivity contribution in [2.45, 2.75) is 37.9 Å². The van der Waals surface area contributed by atoms with Crippen molar-refractivity contribution in [3.8, 4) is 0 Å². The summed E-state index contributed by atoms with van der Waals surface area (Å²) in [6, 6.07) is 3.61. The van der Waals surface area contributed by atoms with E-state index < -0.39 is 12.1 Å². The molecule has 0 amide bonds. The number of nitrogens with one attached hydrogen (secondary N) is 1. The van der Waals surface area contributed by atoms with Crippen molar-refractivity contribution >= 4 is 0 Å². The Hall–Kier alpha value is -1.13. The third-order valence-corrected chi connectivity index (χ3v) is 3.07. The van der Waals surface area contributed by atoms with E-state index in [0.717, 1.165) is 6.42 Å². The molecule has 1 aromatic heterocycles. The highest BCUT2D eigenvalue weighted by Gasteiger charge is 2.42. The molecule has 0 saturated heterocycles. The van der Waals surface area contributed by atoms with Crippen molar-refractivity contribution in [1.29, 1.82) is 0 Å². The van der Waals surface area contributed by atoms with Crippen LogP contribution in [-0.2, 0) is 0 Å². The van der Waals surface area contributed by atoms with Crippen LogP contribution >= 0.6 is 0 Å². The summed E-state index contributed by atoms with van der Waals surface area (Å²) in [4.78, 5) is 0. The number of halogens is 3. The van der Waals surface area contributed by atoms with Gasteiger partial charge in [-0.05, 0) is 31.4 Å². The molecule has 1 N–H and O–H groups in total. The van der Waals surface area contributed by atoms with Gasteiger partial charge in [0.25, 0.3) is 0 Å².